The second-order valence-corrected chi connectivity index (χ2v) is 8.90. The van der Waals surface area contributed by atoms with Gasteiger partial charge in [-0.05, 0) is 16.4 Å². The summed E-state index contributed by atoms with van der Waals surface area (Å²) in [6, 6.07) is 0. The van der Waals surface area contributed by atoms with Crippen LogP contribution >= 0.6 is 30.8 Å². The van der Waals surface area contributed by atoms with Crippen LogP contribution < -0.4 is 0 Å². The molecule has 0 N–H and O–H groups in total. The van der Waals surface area contributed by atoms with E-state index in [0.717, 1.165) is 11.4 Å². The van der Waals surface area contributed by atoms with Crippen molar-refractivity contribution in [3.05, 3.63) is 10.8 Å². The van der Waals surface area contributed by atoms with Gasteiger partial charge in [-0.1, -0.05) is 23.2 Å². The zero-order valence-corrected chi connectivity index (χ0v) is 11.8. The van der Waals surface area contributed by atoms with E-state index in [4.69, 9.17) is 32.2 Å². The van der Waals surface area contributed by atoms with Crippen LogP contribution in [0.3, 0.4) is 0 Å². The predicted octanol–water partition coefficient (Wildman–Crippen LogP) is 2.81. The lowest BCUT2D eigenvalue weighted by Gasteiger charge is -2.12. The maximum Gasteiger partial charge on any atom is 0.410 e. The van der Waals surface area contributed by atoms with Crippen LogP contribution in [-0.2, 0) is 23.1 Å². The minimum absolute atomic E-state index is 0.164. The molecule has 0 spiro atoms. The van der Waals surface area contributed by atoms with Crippen LogP contribution in [0.15, 0.2) is 10.8 Å². The van der Waals surface area contributed by atoms with E-state index >= 15 is 0 Å². The van der Waals surface area contributed by atoms with E-state index in [1.165, 1.54) is 12.5 Å². The Hall–Kier alpha value is 0.330. The summed E-state index contributed by atoms with van der Waals surface area (Å²) >= 11 is 10.6. The number of hydrogen-bond donors (Lipinski definition) is 0. The Kier molecular flexibility index (Phi) is 6.30. The van der Waals surface area contributed by atoms with Gasteiger partial charge in [0.25, 0.3) is 0 Å². The standard InChI is InChI=1S/C7H13Cl2O4PS/c1-4-12-14(10,6-15(2,3)11)13-5-7(8)9/h5-6H,4H2,1-3H3. The van der Waals surface area contributed by atoms with Gasteiger partial charge in [0.05, 0.1) is 11.7 Å². The molecule has 1 atom stereocenters. The first-order chi connectivity index (χ1) is 6.68. The third kappa shape index (κ3) is 8.17. The first-order valence-corrected chi connectivity index (χ1v) is 8.73. The smallest absolute Gasteiger partial charge is 0.410 e. The zero-order valence-electron chi connectivity index (χ0n) is 8.61. The Bertz CT molecular complexity index is 386. The molecule has 0 saturated carbocycles. The van der Waals surface area contributed by atoms with E-state index in [-0.39, 0.29) is 11.1 Å². The molecule has 0 saturated heterocycles. The fraction of sp³-hybridized carbons (Fsp3) is 0.571. The summed E-state index contributed by atoms with van der Waals surface area (Å²) in [5.41, 5.74) is 0. The number of rotatable bonds is 5. The van der Waals surface area contributed by atoms with Crippen LogP contribution in [0, 0.1) is 0 Å². The largest absolute Gasteiger partial charge is 0.427 e. The van der Waals surface area contributed by atoms with E-state index in [2.05, 4.69) is 0 Å². The number of hydrogen-bond acceptors (Lipinski definition) is 4. The zero-order chi connectivity index (χ0) is 12.1. The summed E-state index contributed by atoms with van der Waals surface area (Å²) in [5.74, 6) is 0. The predicted molar refractivity (Wildman–Crippen MR) is 66.2 cm³/mol. The minimum Gasteiger partial charge on any atom is -0.427 e. The highest BCUT2D eigenvalue weighted by Gasteiger charge is 2.22. The van der Waals surface area contributed by atoms with Gasteiger partial charge in [-0.3, -0.25) is 8.73 Å². The summed E-state index contributed by atoms with van der Waals surface area (Å²) in [4.78, 5) is 0. The highest BCUT2D eigenvalue weighted by Crippen LogP contribution is 2.46. The maximum absolute atomic E-state index is 11.9. The fourth-order valence-corrected chi connectivity index (χ4v) is 4.51. The third-order valence-electron chi connectivity index (χ3n) is 0.981. The maximum atomic E-state index is 11.9. The van der Waals surface area contributed by atoms with E-state index in [9.17, 15) is 8.77 Å². The van der Waals surface area contributed by atoms with Crippen LogP contribution in [0.5, 0.6) is 0 Å². The SMILES string of the molecule is CCOP(=O)(C=S(C)(C)=O)OC=C(Cl)Cl. The summed E-state index contributed by atoms with van der Waals surface area (Å²) in [6.07, 6.45) is 3.74. The number of halogens is 2. The molecule has 8 heteroatoms. The van der Waals surface area contributed by atoms with Crippen molar-refractivity contribution in [1.82, 2.24) is 0 Å². The van der Waals surface area contributed by atoms with Gasteiger partial charge in [0, 0.05) is 12.5 Å². The fourth-order valence-electron chi connectivity index (χ4n) is 0.690. The molecule has 0 aliphatic rings. The Balaban J connectivity index is 5.02. The molecule has 0 fully saturated rings. The van der Waals surface area contributed by atoms with E-state index in [0.29, 0.717) is 0 Å². The highest BCUT2D eigenvalue weighted by molar-refractivity contribution is 8.08. The van der Waals surface area contributed by atoms with Crippen LogP contribution in [0.4, 0.5) is 0 Å². The topological polar surface area (TPSA) is 52.6 Å². The molecule has 0 rings (SSSR count). The molecule has 90 valence electrons. The molecule has 0 bridgehead atoms. The molecular formula is C7H13Cl2O4PS. The molecule has 0 amide bonds. The molecule has 0 aliphatic heterocycles. The Morgan fingerprint density at radius 2 is 2.00 bits per heavy atom. The second kappa shape index (κ2) is 6.16. The molecule has 0 radical (unpaired) electrons. The van der Waals surface area contributed by atoms with Crippen molar-refractivity contribution >= 4 is 45.4 Å². The average Bonchev–Trinajstić information content (AvgIpc) is 1.98. The van der Waals surface area contributed by atoms with Crippen molar-refractivity contribution in [2.24, 2.45) is 0 Å². The molecule has 4 nitrogen and oxygen atoms in total. The van der Waals surface area contributed by atoms with Gasteiger partial charge >= 0.3 is 7.60 Å². The molecule has 1 unspecified atom stereocenters. The van der Waals surface area contributed by atoms with Gasteiger partial charge in [-0.2, -0.15) is 0 Å². The molecule has 0 aromatic rings. The first kappa shape index (κ1) is 15.3. The van der Waals surface area contributed by atoms with Crippen LogP contribution in [0.25, 0.3) is 0 Å². The van der Waals surface area contributed by atoms with Crippen LogP contribution in [0.2, 0.25) is 0 Å². The van der Waals surface area contributed by atoms with Gasteiger partial charge in [0.2, 0.25) is 0 Å². The Morgan fingerprint density at radius 1 is 1.47 bits per heavy atom. The van der Waals surface area contributed by atoms with Crippen molar-refractivity contribution in [2.45, 2.75) is 6.92 Å². The third-order valence-corrected chi connectivity index (χ3v) is 5.24. The lowest BCUT2D eigenvalue weighted by atomic mass is 10.9. The normalized spacial score (nSPS) is 15.3. The van der Waals surface area contributed by atoms with Crippen molar-refractivity contribution in [1.29, 1.82) is 0 Å². The molecule has 0 aromatic heterocycles. The monoisotopic (exact) mass is 294 g/mol. The van der Waals surface area contributed by atoms with Gasteiger partial charge in [0.1, 0.15) is 10.8 Å². The lowest BCUT2D eigenvalue weighted by Crippen LogP contribution is -2.02. The van der Waals surface area contributed by atoms with Gasteiger partial charge in [-0.15, -0.1) is 0 Å². The van der Waals surface area contributed by atoms with Gasteiger partial charge in [0.15, 0.2) is 0 Å². The second-order valence-electron chi connectivity index (χ2n) is 2.89. The summed E-state index contributed by atoms with van der Waals surface area (Å²) in [5, 5.41) is 1.05. The van der Waals surface area contributed by atoms with E-state index in [1.54, 1.807) is 6.92 Å². The Morgan fingerprint density at radius 3 is 2.33 bits per heavy atom. The summed E-state index contributed by atoms with van der Waals surface area (Å²) in [7, 11) is -5.90. The average molecular weight is 295 g/mol. The van der Waals surface area contributed by atoms with Gasteiger partial charge < -0.3 is 4.52 Å². The van der Waals surface area contributed by atoms with Crippen molar-refractivity contribution in [3.63, 3.8) is 0 Å². The van der Waals surface area contributed by atoms with E-state index < -0.39 is 17.1 Å². The minimum atomic E-state index is -3.54. The summed E-state index contributed by atoms with van der Waals surface area (Å²) < 4.78 is 32.8. The van der Waals surface area contributed by atoms with Crippen molar-refractivity contribution in [3.8, 4) is 0 Å². The molecular weight excluding hydrogens is 282 g/mol. The Labute approximate surface area is 100 Å². The van der Waals surface area contributed by atoms with Gasteiger partial charge in [-0.25, -0.2) is 4.57 Å². The molecule has 15 heavy (non-hydrogen) atoms. The lowest BCUT2D eigenvalue weighted by molar-refractivity contribution is 0.276. The first-order valence-electron chi connectivity index (χ1n) is 3.92. The van der Waals surface area contributed by atoms with Crippen molar-refractivity contribution in [2.75, 3.05) is 19.1 Å². The summed E-state index contributed by atoms with van der Waals surface area (Å²) in [6.45, 7) is 1.81. The molecule has 0 aromatic carbocycles. The van der Waals surface area contributed by atoms with Crippen LogP contribution in [-0.4, -0.2) is 28.4 Å². The quantitative estimate of drug-likeness (QED) is 0.444. The van der Waals surface area contributed by atoms with E-state index in [1.807, 2.05) is 0 Å². The molecule has 0 aliphatic carbocycles. The molecule has 0 heterocycles. The highest BCUT2D eigenvalue weighted by atomic mass is 35.5. The van der Waals surface area contributed by atoms with Crippen LogP contribution in [0.1, 0.15) is 6.92 Å². The van der Waals surface area contributed by atoms with Crippen molar-refractivity contribution < 1.29 is 17.8 Å².